The Morgan fingerprint density at radius 3 is 2.75 bits per heavy atom. The fourth-order valence-electron chi connectivity index (χ4n) is 2.02. The maximum atomic E-state index is 10.1. The fourth-order valence-corrected chi connectivity index (χ4v) is 2.02. The highest BCUT2D eigenvalue weighted by atomic mass is 16.3. The van der Waals surface area contributed by atoms with Crippen molar-refractivity contribution in [2.45, 2.75) is 6.10 Å². The molecule has 2 heterocycles. The molecule has 0 aliphatic rings. The lowest BCUT2D eigenvalue weighted by atomic mass is 10.1. The van der Waals surface area contributed by atoms with E-state index in [4.69, 9.17) is 0 Å². The number of hydrogen-bond acceptors (Lipinski definition) is 5. The van der Waals surface area contributed by atoms with Crippen molar-refractivity contribution in [2.75, 3.05) is 11.9 Å². The van der Waals surface area contributed by atoms with Gasteiger partial charge in [-0.3, -0.25) is 0 Å². The molecule has 102 valence electrons. The number of benzene rings is 1. The summed E-state index contributed by atoms with van der Waals surface area (Å²) >= 11 is 0. The largest absolute Gasteiger partial charge is 0.508 e. The molecule has 0 amide bonds. The van der Waals surface area contributed by atoms with Gasteiger partial charge < -0.3 is 20.5 Å². The van der Waals surface area contributed by atoms with Gasteiger partial charge >= 0.3 is 0 Å². The number of aliphatic hydroxyl groups is 1. The zero-order valence-electron chi connectivity index (χ0n) is 10.6. The third-order valence-corrected chi connectivity index (χ3v) is 3.09. The van der Waals surface area contributed by atoms with Crippen LogP contribution in [0.3, 0.4) is 0 Å². The van der Waals surface area contributed by atoms with Gasteiger partial charge in [-0.15, -0.1) is 0 Å². The molecule has 0 bridgehead atoms. The highest BCUT2D eigenvalue weighted by molar-refractivity contribution is 5.86. The Kier molecular flexibility index (Phi) is 3.22. The first-order chi connectivity index (χ1) is 9.74. The molecule has 0 fully saturated rings. The molecule has 1 unspecified atom stereocenters. The normalized spacial score (nSPS) is 12.4. The van der Waals surface area contributed by atoms with Crippen LogP contribution in [0, 0.1) is 0 Å². The first-order valence-electron chi connectivity index (χ1n) is 6.23. The maximum Gasteiger partial charge on any atom is 0.142 e. The van der Waals surface area contributed by atoms with Crippen molar-refractivity contribution in [2.24, 2.45) is 0 Å². The highest BCUT2D eigenvalue weighted by Gasteiger charge is 2.09. The third kappa shape index (κ3) is 2.41. The molecule has 1 aromatic carbocycles. The number of aliphatic hydroxyl groups excluding tert-OH is 1. The van der Waals surface area contributed by atoms with Crippen LogP contribution >= 0.6 is 0 Å². The number of phenolic OH excluding ortho intramolecular Hbond substituents is 1. The Morgan fingerprint density at radius 1 is 1.15 bits per heavy atom. The van der Waals surface area contributed by atoms with E-state index in [1.807, 2.05) is 6.07 Å². The molecular weight excluding hydrogens is 256 g/mol. The van der Waals surface area contributed by atoms with E-state index in [1.165, 1.54) is 6.33 Å². The van der Waals surface area contributed by atoms with E-state index in [-0.39, 0.29) is 5.75 Å². The lowest BCUT2D eigenvalue weighted by molar-refractivity contribution is 0.191. The summed E-state index contributed by atoms with van der Waals surface area (Å²) in [6.07, 6.45) is 2.58. The second kappa shape index (κ2) is 5.18. The summed E-state index contributed by atoms with van der Waals surface area (Å²) in [4.78, 5) is 11.3. The molecule has 1 atom stereocenters. The highest BCUT2D eigenvalue weighted by Crippen LogP contribution is 2.20. The first kappa shape index (κ1) is 12.4. The molecule has 4 N–H and O–H groups in total. The zero-order chi connectivity index (χ0) is 13.9. The quantitative estimate of drug-likeness (QED) is 0.580. The van der Waals surface area contributed by atoms with Crippen LogP contribution in [0.25, 0.3) is 11.0 Å². The smallest absolute Gasteiger partial charge is 0.142 e. The van der Waals surface area contributed by atoms with Crippen LogP contribution in [0.4, 0.5) is 5.82 Å². The van der Waals surface area contributed by atoms with E-state index in [9.17, 15) is 10.2 Å². The van der Waals surface area contributed by atoms with Gasteiger partial charge in [0.15, 0.2) is 0 Å². The zero-order valence-corrected chi connectivity index (χ0v) is 10.6. The Hall–Kier alpha value is -2.60. The molecule has 3 aromatic rings. The van der Waals surface area contributed by atoms with Crippen molar-refractivity contribution in [1.29, 1.82) is 0 Å². The van der Waals surface area contributed by atoms with Crippen molar-refractivity contribution in [3.63, 3.8) is 0 Å². The van der Waals surface area contributed by atoms with Gasteiger partial charge in [-0.1, -0.05) is 12.1 Å². The van der Waals surface area contributed by atoms with Crippen molar-refractivity contribution in [3.05, 3.63) is 48.4 Å². The predicted molar refractivity (Wildman–Crippen MR) is 75.4 cm³/mol. The monoisotopic (exact) mass is 270 g/mol. The van der Waals surface area contributed by atoms with Crippen LogP contribution in [0.1, 0.15) is 11.7 Å². The summed E-state index contributed by atoms with van der Waals surface area (Å²) in [5.41, 5.74) is 1.48. The average molecular weight is 270 g/mol. The minimum absolute atomic E-state index is 0.179. The molecule has 3 rings (SSSR count). The molecule has 0 aliphatic heterocycles. The van der Waals surface area contributed by atoms with E-state index >= 15 is 0 Å². The molecule has 0 spiro atoms. The number of aromatic amines is 1. The van der Waals surface area contributed by atoms with Gasteiger partial charge in [0.05, 0.1) is 11.5 Å². The Morgan fingerprint density at radius 2 is 1.95 bits per heavy atom. The molecule has 6 nitrogen and oxygen atoms in total. The molecule has 0 saturated heterocycles. The summed E-state index contributed by atoms with van der Waals surface area (Å²) in [5, 5.41) is 23.3. The van der Waals surface area contributed by atoms with E-state index in [1.54, 1.807) is 30.5 Å². The summed E-state index contributed by atoms with van der Waals surface area (Å²) < 4.78 is 0. The summed E-state index contributed by atoms with van der Waals surface area (Å²) in [7, 11) is 0. The van der Waals surface area contributed by atoms with Gasteiger partial charge in [0.1, 0.15) is 23.5 Å². The Balaban J connectivity index is 1.73. The molecule has 0 radical (unpaired) electrons. The summed E-state index contributed by atoms with van der Waals surface area (Å²) in [6.45, 7) is 0.321. The van der Waals surface area contributed by atoms with Crippen LogP contribution < -0.4 is 5.32 Å². The van der Waals surface area contributed by atoms with Crippen LogP contribution in [-0.2, 0) is 0 Å². The van der Waals surface area contributed by atoms with Crippen LogP contribution in [-0.4, -0.2) is 31.7 Å². The van der Waals surface area contributed by atoms with Crippen molar-refractivity contribution in [3.8, 4) is 5.75 Å². The minimum atomic E-state index is -0.681. The van der Waals surface area contributed by atoms with E-state index in [2.05, 4.69) is 20.3 Å². The molecule has 20 heavy (non-hydrogen) atoms. The second-order valence-corrected chi connectivity index (χ2v) is 4.45. The fraction of sp³-hybridized carbons (Fsp3) is 0.143. The van der Waals surface area contributed by atoms with E-state index in [0.717, 1.165) is 16.6 Å². The number of phenols is 1. The van der Waals surface area contributed by atoms with Gasteiger partial charge in [-0.05, 0) is 23.8 Å². The van der Waals surface area contributed by atoms with Crippen molar-refractivity contribution < 1.29 is 10.2 Å². The second-order valence-electron chi connectivity index (χ2n) is 4.45. The van der Waals surface area contributed by atoms with Crippen LogP contribution in [0.15, 0.2) is 42.9 Å². The van der Waals surface area contributed by atoms with Crippen LogP contribution in [0.2, 0.25) is 0 Å². The molecular formula is C14H14N4O2. The number of H-pyrrole nitrogens is 1. The number of hydrogen-bond donors (Lipinski definition) is 4. The van der Waals surface area contributed by atoms with Crippen LogP contribution in [0.5, 0.6) is 5.75 Å². The lowest BCUT2D eigenvalue weighted by Gasteiger charge is -2.13. The van der Waals surface area contributed by atoms with Crippen molar-refractivity contribution >= 4 is 16.9 Å². The first-order valence-corrected chi connectivity index (χ1v) is 6.23. The maximum absolute atomic E-state index is 10.1. The average Bonchev–Trinajstić information content (AvgIpc) is 2.94. The van der Waals surface area contributed by atoms with Gasteiger partial charge in [0.25, 0.3) is 0 Å². The lowest BCUT2D eigenvalue weighted by Crippen LogP contribution is -2.13. The van der Waals surface area contributed by atoms with E-state index in [0.29, 0.717) is 12.4 Å². The molecule has 0 saturated carbocycles. The summed E-state index contributed by atoms with van der Waals surface area (Å²) in [6, 6.07) is 8.35. The van der Waals surface area contributed by atoms with Gasteiger partial charge in [-0.2, -0.15) is 0 Å². The number of nitrogens with zero attached hydrogens (tertiary/aromatic N) is 2. The number of aromatic hydroxyl groups is 1. The SMILES string of the molecule is Oc1ccc(C(O)CNc2ncnc3[nH]ccc23)cc1. The number of fused-ring (bicyclic) bond motifs is 1. The number of nitrogens with one attached hydrogen (secondary N) is 2. The summed E-state index contributed by atoms with van der Waals surface area (Å²) in [5.74, 6) is 0.854. The minimum Gasteiger partial charge on any atom is -0.508 e. The van der Waals surface area contributed by atoms with Gasteiger partial charge in [0, 0.05) is 12.7 Å². The standard InChI is InChI=1S/C14H14N4O2/c19-10-3-1-9(2-4-10)12(20)7-16-14-11-5-6-15-13(11)17-8-18-14/h1-6,8,12,19-20H,7H2,(H2,15,16,17,18). The third-order valence-electron chi connectivity index (χ3n) is 3.09. The number of aromatic nitrogens is 3. The Labute approximate surface area is 115 Å². The topological polar surface area (TPSA) is 94.1 Å². The predicted octanol–water partition coefficient (Wildman–Crippen LogP) is 1.81. The number of anilines is 1. The van der Waals surface area contributed by atoms with Gasteiger partial charge in [-0.25, -0.2) is 9.97 Å². The molecule has 0 aliphatic carbocycles. The Bertz CT molecular complexity index is 709. The number of rotatable bonds is 4. The molecule has 6 heteroatoms. The van der Waals surface area contributed by atoms with Crippen molar-refractivity contribution in [1.82, 2.24) is 15.0 Å². The van der Waals surface area contributed by atoms with Gasteiger partial charge in [0.2, 0.25) is 0 Å². The molecule has 2 aromatic heterocycles. The van der Waals surface area contributed by atoms with E-state index < -0.39 is 6.10 Å².